The molecular formula is C29H39N3O5. The van der Waals surface area contributed by atoms with Crippen molar-refractivity contribution in [2.75, 3.05) is 26.2 Å². The summed E-state index contributed by atoms with van der Waals surface area (Å²) in [6.45, 7) is 12.9. The van der Waals surface area contributed by atoms with Gasteiger partial charge in [0, 0.05) is 38.3 Å². The summed E-state index contributed by atoms with van der Waals surface area (Å²) < 4.78 is 11.5. The van der Waals surface area contributed by atoms with E-state index in [0.29, 0.717) is 24.4 Å². The minimum absolute atomic E-state index is 0.0635. The Morgan fingerprint density at radius 2 is 1.73 bits per heavy atom. The first kappa shape index (κ1) is 26.9. The van der Waals surface area contributed by atoms with Crippen molar-refractivity contribution in [3.05, 3.63) is 65.2 Å². The number of alkyl carbamates (subject to hydrolysis) is 1. The molecule has 1 saturated heterocycles. The van der Waals surface area contributed by atoms with E-state index in [2.05, 4.69) is 22.3 Å². The highest BCUT2D eigenvalue weighted by atomic mass is 16.6. The van der Waals surface area contributed by atoms with Gasteiger partial charge in [0.1, 0.15) is 23.1 Å². The van der Waals surface area contributed by atoms with Crippen LogP contribution in [-0.2, 0) is 22.5 Å². The molecule has 8 nitrogen and oxygen atoms in total. The normalized spacial score (nSPS) is 21.5. The second-order valence-corrected chi connectivity index (χ2v) is 11.5. The Hall–Kier alpha value is -3.10. The molecule has 8 heteroatoms. The lowest BCUT2D eigenvalue weighted by Crippen LogP contribution is -2.54. The number of nitrogens with one attached hydrogen (secondary N) is 1. The van der Waals surface area contributed by atoms with E-state index < -0.39 is 29.4 Å². The van der Waals surface area contributed by atoms with Crippen LogP contribution in [0.2, 0.25) is 0 Å². The summed E-state index contributed by atoms with van der Waals surface area (Å²) in [7, 11) is 0. The average Bonchev–Trinajstić information content (AvgIpc) is 2.82. The van der Waals surface area contributed by atoms with Crippen molar-refractivity contribution < 1.29 is 24.2 Å². The number of carbonyl (C=O) groups is 2. The first-order valence-corrected chi connectivity index (χ1v) is 12.9. The summed E-state index contributed by atoms with van der Waals surface area (Å²) in [6.07, 6.45) is -1.38. The van der Waals surface area contributed by atoms with Gasteiger partial charge in [-0.05, 0) is 57.9 Å². The Morgan fingerprint density at radius 1 is 1.05 bits per heavy atom. The lowest BCUT2D eigenvalue weighted by Gasteiger charge is -2.42. The van der Waals surface area contributed by atoms with Crippen LogP contribution in [0.15, 0.2) is 48.5 Å². The Morgan fingerprint density at radius 3 is 2.38 bits per heavy atom. The molecule has 0 radical (unpaired) electrons. The molecule has 200 valence electrons. The molecule has 2 N–H and O–H groups in total. The van der Waals surface area contributed by atoms with Gasteiger partial charge in [-0.2, -0.15) is 0 Å². The summed E-state index contributed by atoms with van der Waals surface area (Å²) in [4.78, 5) is 30.0. The molecule has 0 bridgehead atoms. The Bertz CT molecular complexity index is 1100. The summed E-state index contributed by atoms with van der Waals surface area (Å²) in [5.74, 6) is 0.635. The molecule has 37 heavy (non-hydrogen) atoms. The van der Waals surface area contributed by atoms with Crippen molar-refractivity contribution in [1.29, 1.82) is 0 Å². The van der Waals surface area contributed by atoms with Crippen molar-refractivity contribution in [2.45, 2.75) is 70.9 Å². The quantitative estimate of drug-likeness (QED) is 0.639. The van der Waals surface area contributed by atoms with E-state index in [1.54, 1.807) is 34.6 Å². The number of hydrogen-bond acceptors (Lipinski definition) is 6. The third kappa shape index (κ3) is 6.81. The molecule has 4 rings (SSSR count). The molecular weight excluding hydrogens is 470 g/mol. The monoisotopic (exact) mass is 509 g/mol. The third-order valence-corrected chi connectivity index (χ3v) is 6.81. The largest absolute Gasteiger partial charge is 0.485 e. The van der Waals surface area contributed by atoms with Crippen LogP contribution in [0.25, 0.3) is 0 Å². The van der Waals surface area contributed by atoms with E-state index in [0.717, 1.165) is 25.2 Å². The molecule has 2 aromatic carbocycles. The average molecular weight is 510 g/mol. The molecule has 2 aliphatic rings. The maximum absolute atomic E-state index is 13.1. The summed E-state index contributed by atoms with van der Waals surface area (Å²) in [6, 6.07) is 15.2. The second-order valence-electron chi connectivity index (χ2n) is 11.5. The van der Waals surface area contributed by atoms with Crippen molar-refractivity contribution in [2.24, 2.45) is 0 Å². The summed E-state index contributed by atoms with van der Waals surface area (Å²) >= 11 is 0. The van der Waals surface area contributed by atoms with Crippen molar-refractivity contribution in [3.8, 4) is 5.75 Å². The SMILES string of the molecule is CC(C)(C)OC(=O)N[C@@H]1c2cc(CC(=O)N3CCN(Cc4ccccc4)CC3)ccc2OC(C)(C)[C@H]1O. The van der Waals surface area contributed by atoms with Gasteiger partial charge in [0.15, 0.2) is 0 Å². The van der Waals surface area contributed by atoms with Crippen LogP contribution in [0.3, 0.4) is 0 Å². The number of piperazine rings is 1. The molecule has 0 unspecified atom stereocenters. The Balaban J connectivity index is 1.42. The zero-order valence-electron chi connectivity index (χ0n) is 22.5. The van der Waals surface area contributed by atoms with Gasteiger partial charge in [0.25, 0.3) is 0 Å². The van der Waals surface area contributed by atoms with E-state index >= 15 is 0 Å². The number of aliphatic hydroxyl groups excluding tert-OH is 1. The molecule has 0 saturated carbocycles. The molecule has 0 spiro atoms. The van der Waals surface area contributed by atoms with Gasteiger partial charge < -0.3 is 24.8 Å². The van der Waals surface area contributed by atoms with Crippen LogP contribution in [-0.4, -0.2) is 70.4 Å². The fraction of sp³-hybridized carbons (Fsp3) is 0.517. The van der Waals surface area contributed by atoms with E-state index in [1.807, 2.05) is 41.3 Å². The molecule has 2 aliphatic heterocycles. The van der Waals surface area contributed by atoms with Gasteiger partial charge in [-0.1, -0.05) is 36.4 Å². The van der Waals surface area contributed by atoms with Gasteiger partial charge in [0.2, 0.25) is 5.91 Å². The smallest absolute Gasteiger partial charge is 0.408 e. The van der Waals surface area contributed by atoms with Crippen LogP contribution in [0, 0.1) is 0 Å². The highest BCUT2D eigenvalue weighted by Gasteiger charge is 2.44. The van der Waals surface area contributed by atoms with E-state index in [1.165, 1.54) is 5.56 Å². The topological polar surface area (TPSA) is 91.3 Å². The standard InChI is InChI=1S/C29H39N3O5/c1-28(2,3)37-27(35)30-25-22-17-21(11-12-23(22)36-29(4,5)26(25)34)18-24(33)32-15-13-31(14-16-32)19-20-9-7-6-8-10-20/h6-12,17,25-26,34H,13-16,18-19H2,1-5H3,(H,30,35)/t25-,26+/m1/s1. The maximum Gasteiger partial charge on any atom is 0.408 e. The molecule has 2 aromatic rings. The van der Waals surface area contributed by atoms with Crippen molar-refractivity contribution >= 4 is 12.0 Å². The zero-order valence-corrected chi connectivity index (χ0v) is 22.5. The fourth-order valence-corrected chi connectivity index (χ4v) is 4.83. The molecule has 1 fully saturated rings. The highest BCUT2D eigenvalue weighted by Crippen LogP contribution is 2.40. The number of nitrogens with zero attached hydrogens (tertiary/aromatic N) is 2. The van der Waals surface area contributed by atoms with Crippen molar-refractivity contribution in [1.82, 2.24) is 15.1 Å². The van der Waals surface area contributed by atoms with Gasteiger partial charge in [0.05, 0.1) is 12.5 Å². The minimum Gasteiger partial charge on any atom is -0.485 e. The van der Waals surface area contributed by atoms with Crippen molar-refractivity contribution in [3.63, 3.8) is 0 Å². The number of ether oxygens (including phenoxy) is 2. The van der Waals surface area contributed by atoms with Crippen LogP contribution in [0.1, 0.15) is 57.4 Å². The highest BCUT2D eigenvalue weighted by molar-refractivity contribution is 5.79. The number of fused-ring (bicyclic) bond motifs is 1. The number of benzene rings is 2. The second kappa shape index (κ2) is 10.7. The van der Waals surface area contributed by atoms with E-state index in [4.69, 9.17) is 9.47 Å². The lowest BCUT2D eigenvalue weighted by molar-refractivity contribution is -0.132. The minimum atomic E-state index is -1.00. The Kier molecular flexibility index (Phi) is 7.80. The molecule has 0 aliphatic carbocycles. The van der Waals surface area contributed by atoms with Crippen LogP contribution in [0.4, 0.5) is 4.79 Å². The summed E-state index contributed by atoms with van der Waals surface area (Å²) in [5.41, 5.74) is 1.14. The Labute approximate surface area is 219 Å². The van der Waals surface area contributed by atoms with Gasteiger partial charge in [-0.25, -0.2) is 4.79 Å². The molecule has 0 aromatic heterocycles. The van der Waals surface area contributed by atoms with Gasteiger partial charge in [-0.3, -0.25) is 9.69 Å². The predicted molar refractivity (Wildman–Crippen MR) is 141 cm³/mol. The van der Waals surface area contributed by atoms with Gasteiger partial charge >= 0.3 is 6.09 Å². The maximum atomic E-state index is 13.1. The first-order valence-electron chi connectivity index (χ1n) is 12.9. The third-order valence-electron chi connectivity index (χ3n) is 6.81. The van der Waals surface area contributed by atoms with E-state index in [9.17, 15) is 14.7 Å². The van der Waals surface area contributed by atoms with Crippen LogP contribution >= 0.6 is 0 Å². The number of amides is 2. The number of carbonyl (C=O) groups excluding carboxylic acids is 2. The summed E-state index contributed by atoms with van der Waals surface area (Å²) in [5, 5.41) is 13.8. The number of hydrogen-bond donors (Lipinski definition) is 2. The predicted octanol–water partition coefficient (Wildman–Crippen LogP) is 3.67. The van der Waals surface area contributed by atoms with Crippen LogP contribution < -0.4 is 10.1 Å². The van der Waals surface area contributed by atoms with Crippen LogP contribution in [0.5, 0.6) is 5.75 Å². The van der Waals surface area contributed by atoms with Gasteiger partial charge in [-0.15, -0.1) is 0 Å². The van der Waals surface area contributed by atoms with E-state index in [-0.39, 0.29) is 12.3 Å². The molecule has 2 amide bonds. The molecule has 2 atom stereocenters. The number of rotatable bonds is 5. The number of aliphatic hydroxyl groups is 1. The lowest BCUT2D eigenvalue weighted by atomic mass is 9.85. The first-order chi connectivity index (χ1) is 17.4. The zero-order chi connectivity index (χ0) is 26.8. The fourth-order valence-electron chi connectivity index (χ4n) is 4.83. The molecule has 2 heterocycles.